The smallest absolute Gasteiger partial charge is 0.477 e. The first-order valence-corrected chi connectivity index (χ1v) is 3.71. The van der Waals surface area contributed by atoms with Gasteiger partial charge in [-0.3, -0.25) is 0 Å². The zero-order valence-corrected chi connectivity index (χ0v) is 7.18. The number of methoxy groups -OCH3 is 1. The largest absolute Gasteiger partial charge is 0.497 e. The molecule has 67 valence electrons. The van der Waals surface area contributed by atoms with E-state index in [2.05, 4.69) is 4.57 Å². The predicted molar refractivity (Wildman–Crippen MR) is 49.7 cm³/mol. The molecule has 13 heavy (non-hydrogen) atoms. The quantitative estimate of drug-likeness (QED) is 0.577. The summed E-state index contributed by atoms with van der Waals surface area (Å²) < 4.78 is 9.38. The molecular formula is C7H9B2O4. The number of hydrogen-bond donors (Lipinski definition) is 2. The Labute approximate surface area is 77.6 Å². The maximum atomic E-state index is 9.23. The third-order valence-corrected chi connectivity index (χ3v) is 1.59. The summed E-state index contributed by atoms with van der Waals surface area (Å²) in [6.07, 6.45) is 0. The molecule has 0 unspecified atom stereocenters. The molecular weight excluding hydrogens is 170 g/mol. The van der Waals surface area contributed by atoms with Gasteiger partial charge in [-0.15, -0.1) is 0 Å². The number of ether oxygens (including phenoxy) is 1. The van der Waals surface area contributed by atoms with Crippen molar-refractivity contribution in [2.24, 2.45) is 0 Å². The summed E-state index contributed by atoms with van der Waals surface area (Å²) in [5.41, 5.74) is 0.547. The minimum Gasteiger partial charge on any atom is -0.497 e. The molecule has 0 fully saturated rings. The normalized spacial score (nSPS) is 9.46. The summed E-state index contributed by atoms with van der Waals surface area (Å²) in [5, 5.41) is 17.5. The van der Waals surface area contributed by atoms with E-state index in [1.54, 1.807) is 31.4 Å². The van der Waals surface area contributed by atoms with Crippen LogP contribution in [0.2, 0.25) is 0 Å². The van der Waals surface area contributed by atoms with E-state index in [0.29, 0.717) is 18.9 Å². The van der Waals surface area contributed by atoms with E-state index in [9.17, 15) is 5.02 Å². The highest BCUT2D eigenvalue weighted by atomic mass is 16.5. The molecule has 0 saturated heterocycles. The molecule has 6 heteroatoms. The molecule has 1 aromatic rings. The van der Waals surface area contributed by atoms with Crippen LogP contribution in [0.15, 0.2) is 24.3 Å². The number of benzene rings is 1. The Morgan fingerprint density at radius 1 is 1.31 bits per heavy atom. The van der Waals surface area contributed by atoms with Gasteiger partial charge in [0.15, 0.2) is 0 Å². The highest BCUT2D eigenvalue weighted by Gasteiger charge is 2.15. The van der Waals surface area contributed by atoms with Gasteiger partial charge in [0.05, 0.1) is 7.11 Å². The molecule has 0 aliphatic carbocycles. The zero-order valence-electron chi connectivity index (χ0n) is 7.18. The minimum atomic E-state index is -1.14. The second-order valence-electron chi connectivity index (χ2n) is 2.37. The van der Waals surface area contributed by atoms with Gasteiger partial charge < -0.3 is 19.4 Å². The second-order valence-corrected chi connectivity index (χ2v) is 2.37. The van der Waals surface area contributed by atoms with Crippen LogP contribution in [-0.2, 0) is 4.57 Å². The summed E-state index contributed by atoms with van der Waals surface area (Å²) in [6, 6.07) is 6.68. The summed E-state index contributed by atoms with van der Waals surface area (Å²) in [5.74, 6) is 0.698. The van der Waals surface area contributed by atoms with E-state index in [0.717, 1.165) is 0 Å². The van der Waals surface area contributed by atoms with Gasteiger partial charge in [0, 0.05) is 0 Å². The third-order valence-electron chi connectivity index (χ3n) is 1.59. The van der Waals surface area contributed by atoms with Crippen LogP contribution in [-0.4, -0.2) is 32.0 Å². The standard InChI is InChI=1S/C7H9B2O4/c1-12-7-4-2-6(3-5-7)9(11)13-8-10/h2-5,10-11H,1H3. The van der Waals surface area contributed by atoms with Gasteiger partial charge in [0.1, 0.15) is 5.75 Å². The molecule has 0 amide bonds. The van der Waals surface area contributed by atoms with Crippen LogP contribution in [0.4, 0.5) is 0 Å². The van der Waals surface area contributed by atoms with Crippen LogP contribution in [0, 0.1) is 0 Å². The van der Waals surface area contributed by atoms with Crippen LogP contribution in [0.3, 0.4) is 0 Å². The van der Waals surface area contributed by atoms with Crippen LogP contribution in [0.25, 0.3) is 0 Å². The first-order chi connectivity index (χ1) is 6.27. The SMILES string of the molecule is COc1ccc(B(O)O[B]O)cc1. The van der Waals surface area contributed by atoms with Gasteiger partial charge in [0.2, 0.25) is 0 Å². The summed E-state index contributed by atoms with van der Waals surface area (Å²) in [6.45, 7) is 0. The lowest BCUT2D eigenvalue weighted by Crippen LogP contribution is -2.34. The Hall–Kier alpha value is -0.970. The van der Waals surface area contributed by atoms with Crippen molar-refractivity contribution in [3.05, 3.63) is 24.3 Å². The minimum absolute atomic E-state index is 0.453. The fourth-order valence-corrected chi connectivity index (χ4v) is 0.905. The van der Waals surface area contributed by atoms with E-state index >= 15 is 0 Å². The number of rotatable bonds is 4. The molecule has 0 aromatic heterocycles. The zero-order chi connectivity index (χ0) is 9.68. The maximum absolute atomic E-state index is 9.23. The molecule has 4 nitrogen and oxygen atoms in total. The molecule has 1 aromatic carbocycles. The van der Waals surface area contributed by atoms with Crippen LogP contribution in [0.5, 0.6) is 5.75 Å². The lowest BCUT2D eigenvalue weighted by atomic mass is 9.78. The first-order valence-electron chi connectivity index (χ1n) is 3.71. The van der Waals surface area contributed by atoms with Crippen molar-refractivity contribution in [2.45, 2.75) is 0 Å². The fourth-order valence-electron chi connectivity index (χ4n) is 0.905. The summed E-state index contributed by atoms with van der Waals surface area (Å²) >= 11 is 0. The molecule has 0 spiro atoms. The first kappa shape index (κ1) is 10.1. The van der Waals surface area contributed by atoms with E-state index in [4.69, 9.17) is 9.76 Å². The van der Waals surface area contributed by atoms with Crippen molar-refractivity contribution in [1.82, 2.24) is 0 Å². The Morgan fingerprint density at radius 2 is 1.92 bits per heavy atom. The van der Waals surface area contributed by atoms with Gasteiger partial charge in [-0.2, -0.15) is 0 Å². The Kier molecular flexibility index (Phi) is 3.82. The molecule has 1 radical (unpaired) electrons. The van der Waals surface area contributed by atoms with Crippen LogP contribution < -0.4 is 10.2 Å². The fraction of sp³-hybridized carbons (Fsp3) is 0.143. The van der Waals surface area contributed by atoms with Gasteiger partial charge in [0.25, 0.3) is 0 Å². The molecule has 0 bridgehead atoms. The van der Waals surface area contributed by atoms with Crippen molar-refractivity contribution in [1.29, 1.82) is 0 Å². The molecule has 0 saturated carbocycles. The monoisotopic (exact) mass is 179 g/mol. The highest BCUT2D eigenvalue weighted by molar-refractivity contribution is 6.63. The predicted octanol–water partition coefficient (Wildman–Crippen LogP) is -1.07. The van der Waals surface area contributed by atoms with Crippen molar-refractivity contribution in [2.75, 3.05) is 7.11 Å². The number of hydrogen-bond acceptors (Lipinski definition) is 4. The van der Waals surface area contributed by atoms with E-state index < -0.39 is 7.12 Å². The Bertz CT molecular complexity index is 251. The third kappa shape index (κ3) is 2.77. The second kappa shape index (κ2) is 4.91. The maximum Gasteiger partial charge on any atom is 0.477 e. The summed E-state index contributed by atoms with van der Waals surface area (Å²) in [4.78, 5) is 0. The average molecular weight is 179 g/mol. The molecule has 0 aliphatic heterocycles. The van der Waals surface area contributed by atoms with Crippen LogP contribution in [0.1, 0.15) is 0 Å². The van der Waals surface area contributed by atoms with Crippen LogP contribution >= 0.6 is 0 Å². The van der Waals surface area contributed by atoms with E-state index in [-0.39, 0.29) is 0 Å². The lowest BCUT2D eigenvalue weighted by molar-refractivity contribution is 0.393. The van der Waals surface area contributed by atoms with Crippen molar-refractivity contribution in [3.8, 4) is 5.75 Å². The molecule has 2 N–H and O–H groups in total. The molecule has 0 heterocycles. The highest BCUT2D eigenvalue weighted by Crippen LogP contribution is 2.05. The van der Waals surface area contributed by atoms with Crippen molar-refractivity contribution >= 4 is 20.3 Å². The Balaban J connectivity index is 2.67. The van der Waals surface area contributed by atoms with Gasteiger partial charge in [-0.1, -0.05) is 12.1 Å². The topological polar surface area (TPSA) is 58.9 Å². The van der Waals surface area contributed by atoms with Gasteiger partial charge >= 0.3 is 14.8 Å². The van der Waals surface area contributed by atoms with Crippen molar-refractivity contribution < 1.29 is 19.4 Å². The summed E-state index contributed by atoms with van der Waals surface area (Å²) in [7, 11) is 0.870. The van der Waals surface area contributed by atoms with E-state index in [1.807, 2.05) is 0 Å². The average Bonchev–Trinajstić information content (AvgIpc) is 2.18. The van der Waals surface area contributed by atoms with Gasteiger partial charge in [-0.25, -0.2) is 0 Å². The van der Waals surface area contributed by atoms with Gasteiger partial charge in [-0.05, 0) is 17.6 Å². The Morgan fingerprint density at radius 3 is 2.38 bits per heavy atom. The molecule has 1 rings (SSSR count). The van der Waals surface area contributed by atoms with E-state index in [1.165, 1.54) is 0 Å². The lowest BCUT2D eigenvalue weighted by Gasteiger charge is -2.05. The van der Waals surface area contributed by atoms with Crippen molar-refractivity contribution in [3.63, 3.8) is 0 Å². The molecule has 0 atom stereocenters. The molecule has 0 aliphatic rings.